The average molecular weight is 270 g/mol. The van der Waals surface area contributed by atoms with Crippen LogP contribution in [0.4, 0.5) is 0 Å². The predicted molar refractivity (Wildman–Crippen MR) is 59.9 cm³/mol. The van der Waals surface area contributed by atoms with Gasteiger partial charge in [0.05, 0.1) is 5.75 Å². The van der Waals surface area contributed by atoms with E-state index >= 15 is 0 Å². The van der Waals surface area contributed by atoms with E-state index in [0.717, 1.165) is 4.48 Å². The van der Waals surface area contributed by atoms with Crippen molar-refractivity contribution in [3.8, 4) is 0 Å². The molecule has 0 saturated carbocycles. The number of rotatable bonds is 7. The molecule has 0 aromatic rings. The molecule has 13 heavy (non-hydrogen) atoms. The highest BCUT2D eigenvalue weighted by atomic mass is 79.9. The largest absolute Gasteiger partial charge is 0.312 e. The summed E-state index contributed by atoms with van der Waals surface area (Å²) in [7, 11) is -2.79. The lowest BCUT2D eigenvalue weighted by atomic mass is 10.5. The number of hydrogen-bond donors (Lipinski definition) is 1. The van der Waals surface area contributed by atoms with Gasteiger partial charge in [0, 0.05) is 16.8 Å². The fraction of sp³-hybridized carbons (Fsp3) is 0.750. The first kappa shape index (κ1) is 13.1. The van der Waals surface area contributed by atoms with E-state index in [1.165, 1.54) is 0 Å². The summed E-state index contributed by atoms with van der Waals surface area (Å²) in [5.41, 5.74) is 0. The number of nitrogens with one attached hydrogen (secondary N) is 1. The van der Waals surface area contributed by atoms with Crippen LogP contribution in [-0.2, 0) is 9.84 Å². The zero-order chi connectivity index (χ0) is 10.3. The van der Waals surface area contributed by atoms with Crippen LogP contribution in [0.2, 0.25) is 0 Å². The van der Waals surface area contributed by atoms with Crippen LogP contribution in [0.3, 0.4) is 0 Å². The second-order valence-corrected chi connectivity index (χ2v) is 6.38. The number of sulfone groups is 1. The summed E-state index contributed by atoms with van der Waals surface area (Å²) in [6.07, 6.45) is 0.663. The molecular weight excluding hydrogens is 254 g/mol. The summed E-state index contributed by atoms with van der Waals surface area (Å²) < 4.78 is 23.0. The van der Waals surface area contributed by atoms with Crippen molar-refractivity contribution in [3.05, 3.63) is 11.1 Å². The van der Waals surface area contributed by atoms with Crippen LogP contribution in [0.5, 0.6) is 0 Å². The summed E-state index contributed by atoms with van der Waals surface area (Å²) in [6.45, 7) is 6.72. The van der Waals surface area contributed by atoms with Crippen LogP contribution in [0, 0.1) is 0 Å². The third kappa shape index (κ3) is 8.46. The van der Waals surface area contributed by atoms with E-state index in [4.69, 9.17) is 0 Å². The first-order valence-corrected chi connectivity index (χ1v) is 6.84. The minimum atomic E-state index is -2.79. The van der Waals surface area contributed by atoms with Gasteiger partial charge in [-0.25, -0.2) is 8.42 Å². The van der Waals surface area contributed by atoms with Crippen LogP contribution in [0.15, 0.2) is 11.1 Å². The average Bonchev–Trinajstić information content (AvgIpc) is 2.03. The van der Waals surface area contributed by atoms with Crippen molar-refractivity contribution in [1.82, 2.24) is 5.32 Å². The Labute approximate surface area is 88.6 Å². The van der Waals surface area contributed by atoms with Gasteiger partial charge in [-0.05, 0) is 13.0 Å². The number of halogens is 1. The molecule has 3 nitrogen and oxygen atoms in total. The maximum Gasteiger partial charge on any atom is 0.150 e. The van der Waals surface area contributed by atoms with Gasteiger partial charge in [-0.2, -0.15) is 0 Å². The molecule has 0 aliphatic heterocycles. The van der Waals surface area contributed by atoms with Gasteiger partial charge in [-0.3, -0.25) is 0 Å². The smallest absolute Gasteiger partial charge is 0.150 e. The fourth-order valence-corrected chi connectivity index (χ4v) is 1.86. The van der Waals surface area contributed by atoms with E-state index in [9.17, 15) is 8.42 Å². The SMILES string of the molecule is C=C(Br)CNCCCS(=O)(=O)CC. The summed E-state index contributed by atoms with van der Waals surface area (Å²) >= 11 is 3.20. The molecule has 0 aliphatic rings. The van der Waals surface area contributed by atoms with Crippen molar-refractivity contribution >= 4 is 25.8 Å². The van der Waals surface area contributed by atoms with Crippen LogP contribution >= 0.6 is 15.9 Å². The quantitative estimate of drug-likeness (QED) is 0.709. The van der Waals surface area contributed by atoms with Gasteiger partial charge in [0.2, 0.25) is 0 Å². The van der Waals surface area contributed by atoms with Gasteiger partial charge in [0.15, 0.2) is 0 Å². The lowest BCUT2D eigenvalue weighted by molar-refractivity contribution is 0.592. The molecule has 0 radical (unpaired) electrons. The van der Waals surface area contributed by atoms with E-state index in [-0.39, 0.29) is 11.5 Å². The molecule has 0 aromatic heterocycles. The van der Waals surface area contributed by atoms with Gasteiger partial charge in [0.1, 0.15) is 9.84 Å². The summed E-state index contributed by atoms with van der Waals surface area (Å²) in [6, 6.07) is 0. The number of hydrogen-bond acceptors (Lipinski definition) is 3. The zero-order valence-electron chi connectivity index (χ0n) is 7.85. The molecule has 0 heterocycles. The first-order chi connectivity index (χ1) is 5.98. The molecule has 1 N–H and O–H groups in total. The van der Waals surface area contributed by atoms with Crippen molar-refractivity contribution in [1.29, 1.82) is 0 Å². The Morgan fingerprint density at radius 1 is 1.54 bits per heavy atom. The van der Waals surface area contributed by atoms with Crippen LogP contribution in [-0.4, -0.2) is 33.0 Å². The van der Waals surface area contributed by atoms with Crippen molar-refractivity contribution < 1.29 is 8.42 Å². The molecule has 0 fully saturated rings. The molecule has 0 spiro atoms. The molecule has 0 atom stereocenters. The third-order valence-electron chi connectivity index (χ3n) is 1.57. The lowest BCUT2D eigenvalue weighted by Gasteiger charge is -2.03. The van der Waals surface area contributed by atoms with Crippen molar-refractivity contribution in [2.24, 2.45) is 0 Å². The Hall–Kier alpha value is 0.130. The Morgan fingerprint density at radius 2 is 2.15 bits per heavy atom. The molecule has 0 aliphatic carbocycles. The summed E-state index contributed by atoms with van der Waals surface area (Å²) in [5, 5.41) is 3.07. The van der Waals surface area contributed by atoms with Crippen LogP contribution in [0.1, 0.15) is 13.3 Å². The van der Waals surface area contributed by atoms with Gasteiger partial charge in [-0.15, -0.1) is 0 Å². The fourth-order valence-electron chi connectivity index (χ4n) is 0.785. The van der Waals surface area contributed by atoms with Gasteiger partial charge < -0.3 is 5.32 Å². The van der Waals surface area contributed by atoms with Crippen LogP contribution in [0.25, 0.3) is 0 Å². The highest BCUT2D eigenvalue weighted by molar-refractivity contribution is 9.11. The Balaban J connectivity index is 3.42. The first-order valence-electron chi connectivity index (χ1n) is 4.22. The minimum Gasteiger partial charge on any atom is -0.312 e. The summed E-state index contributed by atoms with van der Waals surface area (Å²) in [5.74, 6) is 0.503. The second kappa shape index (κ2) is 6.56. The topological polar surface area (TPSA) is 46.2 Å². The van der Waals surface area contributed by atoms with Crippen molar-refractivity contribution in [3.63, 3.8) is 0 Å². The molecule has 5 heteroatoms. The Bertz CT molecular complexity index is 249. The van der Waals surface area contributed by atoms with Gasteiger partial charge in [-0.1, -0.05) is 29.4 Å². The second-order valence-electron chi connectivity index (χ2n) is 2.78. The Kier molecular flexibility index (Phi) is 6.63. The van der Waals surface area contributed by atoms with E-state index in [2.05, 4.69) is 27.8 Å². The standard InChI is InChI=1S/C8H16BrNO2S/c1-3-13(11,12)6-4-5-10-7-8(2)9/h10H,2-7H2,1H3. The van der Waals surface area contributed by atoms with E-state index < -0.39 is 9.84 Å². The molecule has 0 amide bonds. The van der Waals surface area contributed by atoms with E-state index in [1.54, 1.807) is 6.92 Å². The highest BCUT2D eigenvalue weighted by Gasteiger charge is 2.05. The summed E-state index contributed by atoms with van der Waals surface area (Å²) in [4.78, 5) is 0. The molecule has 0 saturated heterocycles. The maximum atomic E-state index is 11.0. The van der Waals surface area contributed by atoms with Gasteiger partial charge in [0.25, 0.3) is 0 Å². The predicted octanol–water partition coefficient (Wildman–Crippen LogP) is 1.31. The molecule has 0 bridgehead atoms. The van der Waals surface area contributed by atoms with Crippen LogP contribution < -0.4 is 5.32 Å². The normalized spacial score (nSPS) is 11.5. The monoisotopic (exact) mass is 269 g/mol. The molecule has 0 rings (SSSR count). The molecule has 0 unspecified atom stereocenters. The van der Waals surface area contributed by atoms with Crippen molar-refractivity contribution in [2.75, 3.05) is 24.6 Å². The zero-order valence-corrected chi connectivity index (χ0v) is 10.2. The lowest BCUT2D eigenvalue weighted by Crippen LogP contribution is -2.20. The molecule has 0 aromatic carbocycles. The molecule has 78 valence electrons. The van der Waals surface area contributed by atoms with Gasteiger partial charge >= 0.3 is 0 Å². The van der Waals surface area contributed by atoms with Crippen molar-refractivity contribution in [2.45, 2.75) is 13.3 Å². The molecular formula is C8H16BrNO2S. The Morgan fingerprint density at radius 3 is 2.62 bits per heavy atom. The van der Waals surface area contributed by atoms with E-state index in [0.29, 0.717) is 19.5 Å². The highest BCUT2D eigenvalue weighted by Crippen LogP contribution is 1.97. The minimum absolute atomic E-state index is 0.234. The third-order valence-corrected chi connectivity index (χ3v) is 3.64. The van der Waals surface area contributed by atoms with E-state index in [1.807, 2.05) is 0 Å². The maximum absolute atomic E-state index is 11.0.